The van der Waals surface area contributed by atoms with E-state index in [4.69, 9.17) is 0 Å². The molecule has 2 amide bonds. The van der Waals surface area contributed by atoms with Crippen LogP contribution in [0, 0.1) is 5.92 Å². The van der Waals surface area contributed by atoms with Gasteiger partial charge in [0.1, 0.15) is 0 Å². The zero-order valence-corrected chi connectivity index (χ0v) is 9.08. The van der Waals surface area contributed by atoms with E-state index in [0.717, 1.165) is 5.56 Å². The van der Waals surface area contributed by atoms with E-state index in [1.807, 2.05) is 37.3 Å². The number of hydrogen-bond donors (Lipinski definition) is 1. The van der Waals surface area contributed by atoms with Crippen LogP contribution < -0.4 is 5.32 Å². The van der Waals surface area contributed by atoms with Crippen LogP contribution in [0.25, 0.3) is 0 Å². The predicted molar refractivity (Wildman–Crippen MR) is 59.5 cm³/mol. The van der Waals surface area contributed by atoms with Crippen molar-refractivity contribution in [1.82, 2.24) is 5.32 Å². The van der Waals surface area contributed by atoms with Gasteiger partial charge in [0.15, 0.2) is 0 Å². The highest BCUT2D eigenvalue weighted by Gasteiger charge is 2.34. The Morgan fingerprint density at radius 1 is 1.20 bits per heavy atom. The van der Waals surface area contributed by atoms with E-state index in [0.29, 0.717) is 0 Å². The van der Waals surface area contributed by atoms with E-state index in [1.165, 1.54) is 11.8 Å². The van der Waals surface area contributed by atoms with E-state index in [-0.39, 0.29) is 22.3 Å². The second-order valence-electron chi connectivity index (χ2n) is 3.51. The molecule has 4 heteroatoms. The second-order valence-corrected chi connectivity index (χ2v) is 4.63. The van der Waals surface area contributed by atoms with Crippen molar-refractivity contribution < 1.29 is 9.59 Å². The Labute approximate surface area is 92.2 Å². The molecule has 1 fully saturated rings. The van der Waals surface area contributed by atoms with Gasteiger partial charge in [-0.15, -0.1) is 0 Å². The van der Waals surface area contributed by atoms with Crippen molar-refractivity contribution in [2.45, 2.75) is 12.2 Å². The molecular weight excluding hydrogens is 210 g/mol. The molecule has 0 bridgehead atoms. The largest absolute Gasteiger partial charge is 0.287 e. The number of carbonyl (C=O) groups excluding carboxylic acids is 2. The van der Waals surface area contributed by atoms with Crippen molar-refractivity contribution in [3.8, 4) is 0 Å². The number of imide groups is 1. The summed E-state index contributed by atoms with van der Waals surface area (Å²) in [5.74, 6) is -0.359. The highest BCUT2D eigenvalue weighted by molar-refractivity contribution is 8.13. The quantitative estimate of drug-likeness (QED) is 0.791. The summed E-state index contributed by atoms with van der Waals surface area (Å²) < 4.78 is 0. The number of thioether (sulfide) groups is 1. The van der Waals surface area contributed by atoms with Gasteiger partial charge in [-0.05, 0) is 5.56 Å². The van der Waals surface area contributed by atoms with Crippen molar-refractivity contribution in [2.24, 2.45) is 5.92 Å². The van der Waals surface area contributed by atoms with Crippen LogP contribution in [0.5, 0.6) is 0 Å². The maximum absolute atomic E-state index is 11.4. The SMILES string of the molecule is CC1C(=O)NC(=O)SC1c1ccccc1. The summed E-state index contributed by atoms with van der Waals surface area (Å²) in [5.41, 5.74) is 1.03. The first-order valence-corrected chi connectivity index (χ1v) is 5.63. The van der Waals surface area contributed by atoms with Gasteiger partial charge in [0.05, 0.1) is 11.2 Å². The molecule has 0 radical (unpaired) electrons. The molecule has 0 aliphatic carbocycles. The fourth-order valence-electron chi connectivity index (χ4n) is 1.60. The fraction of sp³-hybridized carbons (Fsp3) is 0.273. The molecule has 1 N–H and O–H groups in total. The Morgan fingerprint density at radius 2 is 1.87 bits per heavy atom. The summed E-state index contributed by atoms with van der Waals surface area (Å²) in [7, 11) is 0. The second kappa shape index (κ2) is 4.06. The lowest BCUT2D eigenvalue weighted by atomic mass is 9.99. The van der Waals surface area contributed by atoms with E-state index in [1.54, 1.807) is 0 Å². The van der Waals surface area contributed by atoms with Gasteiger partial charge in [-0.1, -0.05) is 49.0 Å². The molecule has 0 saturated carbocycles. The molecule has 0 spiro atoms. The number of rotatable bonds is 1. The van der Waals surface area contributed by atoms with Crippen LogP contribution in [0.2, 0.25) is 0 Å². The van der Waals surface area contributed by atoms with Gasteiger partial charge in [0.2, 0.25) is 5.91 Å². The maximum atomic E-state index is 11.4. The third kappa shape index (κ3) is 2.04. The normalized spacial score (nSPS) is 26.2. The molecule has 78 valence electrons. The predicted octanol–water partition coefficient (Wildman–Crippen LogP) is 2.35. The number of hydrogen-bond acceptors (Lipinski definition) is 3. The van der Waals surface area contributed by atoms with E-state index >= 15 is 0 Å². The Kier molecular flexibility index (Phi) is 2.77. The molecule has 1 aliphatic rings. The summed E-state index contributed by atoms with van der Waals surface area (Å²) in [5, 5.41) is 1.99. The molecule has 2 rings (SSSR count). The Morgan fingerprint density at radius 3 is 2.53 bits per heavy atom. The molecular formula is C11H11NO2S. The van der Waals surface area contributed by atoms with Gasteiger partial charge >= 0.3 is 0 Å². The highest BCUT2D eigenvalue weighted by atomic mass is 32.2. The first-order valence-electron chi connectivity index (χ1n) is 4.75. The molecule has 1 aromatic rings. The van der Waals surface area contributed by atoms with Crippen LogP contribution in [0.15, 0.2) is 30.3 Å². The maximum Gasteiger partial charge on any atom is 0.286 e. The first-order chi connectivity index (χ1) is 7.18. The van der Waals surface area contributed by atoms with Crippen LogP contribution in [0.4, 0.5) is 4.79 Å². The van der Waals surface area contributed by atoms with Crippen molar-refractivity contribution in [3.63, 3.8) is 0 Å². The minimum Gasteiger partial charge on any atom is -0.287 e. The Bertz CT molecular complexity index is 391. The lowest BCUT2D eigenvalue weighted by Gasteiger charge is -2.26. The smallest absolute Gasteiger partial charge is 0.286 e. The number of benzene rings is 1. The van der Waals surface area contributed by atoms with Crippen LogP contribution in [0.3, 0.4) is 0 Å². The summed E-state index contributed by atoms with van der Waals surface area (Å²) >= 11 is 1.18. The number of amides is 2. The fourth-order valence-corrected chi connectivity index (χ4v) is 2.61. The lowest BCUT2D eigenvalue weighted by molar-refractivity contribution is -0.123. The zero-order chi connectivity index (χ0) is 10.8. The van der Waals surface area contributed by atoms with Gasteiger partial charge in [0, 0.05) is 0 Å². The molecule has 2 atom stereocenters. The van der Waals surface area contributed by atoms with Crippen LogP contribution in [0.1, 0.15) is 17.7 Å². The highest BCUT2D eigenvalue weighted by Crippen LogP contribution is 2.38. The monoisotopic (exact) mass is 221 g/mol. The summed E-state index contributed by atoms with van der Waals surface area (Å²) in [4.78, 5) is 22.7. The average molecular weight is 221 g/mol. The van der Waals surface area contributed by atoms with Gasteiger partial charge in [-0.3, -0.25) is 14.9 Å². The Balaban J connectivity index is 2.28. The van der Waals surface area contributed by atoms with Crippen LogP contribution >= 0.6 is 11.8 Å². The van der Waals surface area contributed by atoms with Gasteiger partial charge in [-0.2, -0.15) is 0 Å². The van der Waals surface area contributed by atoms with E-state index in [9.17, 15) is 9.59 Å². The van der Waals surface area contributed by atoms with Gasteiger partial charge in [-0.25, -0.2) is 0 Å². The zero-order valence-electron chi connectivity index (χ0n) is 8.27. The van der Waals surface area contributed by atoms with Crippen LogP contribution in [-0.2, 0) is 4.79 Å². The number of carbonyl (C=O) groups is 2. The third-order valence-corrected chi connectivity index (χ3v) is 3.71. The van der Waals surface area contributed by atoms with Crippen molar-refractivity contribution in [2.75, 3.05) is 0 Å². The van der Waals surface area contributed by atoms with Crippen molar-refractivity contribution in [3.05, 3.63) is 35.9 Å². The summed E-state index contributed by atoms with van der Waals surface area (Å²) in [6.45, 7) is 1.84. The molecule has 2 unspecified atom stereocenters. The first kappa shape index (κ1) is 10.2. The molecule has 15 heavy (non-hydrogen) atoms. The molecule has 0 aromatic heterocycles. The van der Waals surface area contributed by atoms with Gasteiger partial charge < -0.3 is 0 Å². The minimum atomic E-state index is -0.257. The Hall–Kier alpha value is -1.29. The topological polar surface area (TPSA) is 46.2 Å². The minimum absolute atomic E-state index is 0.0625. The number of nitrogens with one attached hydrogen (secondary N) is 1. The molecule has 1 heterocycles. The molecule has 1 aromatic carbocycles. The summed E-state index contributed by atoms with van der Waals surface area (Å²) in [6, 6.07) is 9.64. The molecule has 1 saturated heterocycles. The van der Waals surface area contributed by atoms with Crippen LogP contribution in [-0.4, -0.2) is 11.1 Å². The van der Waals surface area contributed by atoms with Crippen molar-refractivity contribution in [1.29, 1.82) is 0 Å². The third-order valence-electron chi connectivity index (χ3n) is 2.46. The standard InChI is InChI=1S/C11H11NO2S/c1-7-9(8-5-3-2-4-6-8)15-11(14)12-10(7)13/h2-7,9H,1H3,(H,12,13,14). The molecule has 3 nitrogen and oxygen atoms in total. The summed E-state index contributed by atoms with van der Waals surface area (Å²) in [6.07, 6.45) is 0. The van der Waals surface area contributed by atoms with Gasteiger partial charge in [0.25, 0.3) is 5.24 Å². The van der Waals surface area contributed by atoms with E-state index in [2.05, 4.69) is 5.32 Å². The average Bonchev–Trinajstić information content (AvgIpc) is 2.24. The lowest BCUT2D eigenvalue weighted by Crippen LogP contribution is -2.39. The molecule has 1 aliphatic heterocycles. The van der Waals surface area contributed by atoms with E-state index < -0.39 is 0 Å². The van der Waals surface area contributed by atoms with Crippen molar-refractivity contribution >= 4 is 22.9 Å².